The lowest BCUT2D eigenvalue weighted by Crippen LogP contribution is -2.31. The molecular weight excluding hydrogens is 206 g/mol. The predicted molar refractivity (Wildman–Crippen MR) is 62.3 cm³/mol. The van der Waals surface area contributed by atoms with E-state index in [1.807, 2.05) is 10.8 Å². The van der Waals surface area contributed by atoms with E-state index in [2.05, 4.69) is 22.4 Å². The van der Waals surface area contributed by atoms with Gasteiger partial charge in [0.2, 0.25) is 0 Å². The Balaban J connectivity index is 2.09. The van der Waals surface area contributed by atoms with Crippen LogP contribution in [0.1, 0.15) is 19.8 Å². The fraction of sp³-hybridized carbons (Fsp3) is 0.600. The quantitative estimate of drug-likeness (QED) is 0.206. The van der Waals surface area contributed by atoms with Crippen LogP contribution in [-0.4, -0.2) is 33.2 Å². The standard InChI is InChI=1S/C10H19N5O/c1-9(7-15-6-5-12-8-15)13-4-2-3-10(11)14-16/h5-6,8-9,13,16H,2-4,7H2,1H3,(H2,11,14). The minimum Gasteiger partial charge on any atom is -0.409 e. The zero-order chi connectivity index (χ0) is 11.8. The number of aromatic nitrogens is 2. The smallest absolute Gasteiger partial charge is 0.139 e. The Morgan fingerprint density at radius 3 is 3.12 bits per heavy atom. The highest BCUT2D eigenvalue weighted by molar-refractivity contribution is 5.79. The molecule has 1 unspecified atom stereocenters. The molecule has 16 heavy (non-hydrogen) atoms. The van der Waals surface area contributed by atoms with Crippen molar-refractivity contribution in [2.24, 2.45) is 10.9 Å². The molecule has 0 fully saturated rings. The van der Waals surface area contributed by atoms with Crippen molar-refractivity contribution in [2.75, 3.05) is 6.54 Å². The number of hydrogen-bond acceptors (Lipinski definition) is 4. The monoisotopic (exact) mass is 225 g/mol. The van der Waals surface area contributed by atoms with E-state index < -0.39 is 0 Å². The van der Waals surface area contributed by atoms with E-state index >= 15 is 0 Å². The minimum absolute atomic E-state index is 0.282. The van der Waals surface area contributed by atoms with Crippen molar-refractivity contribution in [1.29, 1.82) is 0 Å². The molecule has 4 N–H and O–H groups in total. The molecule has 0 radical (unpaired) electrons. The summed E-state index contributed by atoms with van der Waals surface area (Å²) in [5, 5.41) is 14.6. The molecule has 0 saturated carbocycles. The zero-order valence-corrected chi connectivity index (χ0v) is 9.50. The average molecular weight is 225 g/mol. The summed E-state index contributed by atoms with van der Waals surface area (Å²) in [6, 6.07) is 0.376. The Kier molecular flexibility index (Phi) is 5.35. The van der Waals surface area contributed by atoms with Crippen LogP contribution in [0, 0.1) is 0 Å². The van der Waals surface area contributed by atoms with Gasteiger partial charge in [0.15, 0.2) is 0 Å². The Morgan fingerprint density at radius 1 is 1.69 bits per heavy atom. The molecule has 0 amide bonds. The number of oxime groups is 1. The largest absolute Gasteiger partial charge is 0.409 e. The topological polar surface area (TPSA) is 88.5 Å². The fourth-order valence-corrected chi connectivity index (χ4v) is 1.44. The molecule has 0 aliphatic carbocycles. The molecule has 6 heteroatoms. The number of amidine groups is 1. The Hall–Kier alpha value is -1.56. The van der Waals surface area contributed by atoms with Gasteiger partial charge in [0, 0.05) is 31.4 Å². The van der Waals surface area contributed by atoms with Crippen LogP contribution >= 0.6 is 0 Å². The maximum atomic E-state index is 8.35. The number of nitrogens with one attached hydrogen (secondary N) is 1. The van der Waals surface area contributed by atoms with E-state index in [1.165, 1.54) is 0 Å². The molecule has 0 spiro atoms. The molecule has 1 aromatic heterocycles. The summed E-state index contributed by atoms with van der Waals surface area (Å²) >= 11 is 0. The lowest BCUT2D eigenvalue weighted by molar-refractivity contribution is 0.316. The van der Waals surface area contributed by atoms with Gasteiger partial charge in [0.25, 0.3) is 0 Å². The summed E-state index contributed by atoms with van der Waals surface area (Å²) in [5.74, 6) is 0.282. The van der Waals surface area contributed by atoms with E-state index in [9.17, 15) is 0 Å². The molecule has 0 aliphatic rings. The van der Waals surface area contributed by atoms with Crippen LogP contribution in [0.15, 0.2) is 23.9 Å². The third-order valence-electron chi connectivity index (χ3n) is 2.27. The summed E-state index contributed by atoms with van der Waals surface area (Å²) < 4.78 is 2.03. The van der Waals surface area contributed by atoms with Crippen molar-refractivity contribution < 1.29 is 5.21 Å². The van der Waals surface area contributed by atoms with Gasteiger partial charge in [-0.25, -0.2) is 4.98 Å². The minimum atomic E-state index is 0.282. The molecular formula is C10H19N5O. The molecule has 0 aromatic carbocycles. The van der Waals surface area contributed by atoms with Gasteiger partial charge in [-0.3, -0.25) is 0 Å². The lowest BCUT2D eigenvalue weighted by atomic mass is 10.2. The zero-order valence-electron chi connectivity index (χ0n) is 9.50. The SMILES string of the molecule is CC(Cn1ccnc1)NCCCC(N)=NO. The van der Waals surface area contributed by atoms with E-state index in [-0.39, 0.29) is 5.84 Å². The van der Waals surface area contributed by atoms with Crippen molar-refractivity contribution in [3.63, 3.8) is 0 Å². The first-order valence-corrected chi connectivity index (χ1v) is 5.38. The third-order valence-corrected chi connectivity index (χ3v) is 2.27. The number of imidazole rings is 1. The van der Waals surface area contributed by atoms with Gasteiger partial charge in [-0.2, -0.15) is 0 Å². The highest BCUT2D eigenvalue weighted by Gasteiger charge is 2.01. The maximum absolute atomic E-state index is 8.35. The first kappa shape index (κ1) is 12.5. The second kappa shape index (κ2) is 6.84. The van der Waals surface area contributed by atoms with Crippen molar-refractivity contribution in [3.8, 4) is 0 Å². The molecule has 0 saturated heterocycles. The van der Waals surface area contributed by atoms with Crippen molar-refractivity contribution >= 4 is 5.84 Å². The van der Waals surface area contributed by atoms with Crippen LogP contribution in [0.4, 0.5) is 0 Å². The van der Waals surface area contributed by atoms with Gasteiger partial charge < -0.3 is 20.8 Å². The van der Waals surface area contributed by atoms with Crippen LogP contribution in [0.25, 0.3) is 0 Å². The Bertz CT molecular complexity index is 309. The van der Waals surface area contributed by atoms with E-state index in [0.717, 1.165) is 19.5 Å². The van der Waals surface area contributed by atoms with E-state index in [1.54, 1.807) is 12.5 Å². The second-order valence-corrected chi connectivity index (χ2v) is 3.81. The molecule has 90 valence electrons. The van der Waals surface area contributed by atoms with Crippen LogP contribution < -0.4 is 11.1 Å². The number of rotatable bonds is 7. The summed E-state index contributed by atoms with van der Waals surface area (Å²) in [6.07, 6.45) is 6.99. The van der Waals surface area contributed by atoms with Crippen LogP contribution in [0.3, 0.4) is 0 Å². The average Bonchev–Trinajstić information content (AvgIpc) is 2.76. The molecule has 6 nitrogen and oxygen atoms in total. The first-order valence-electron chi connectivity index (χ1n) is 5.38. The number of nitrogens with zero attached hydrogens (tertiary/aromatic N) is 3. The number of hydrogen-bond donors (Lipinski definition) is 3. The lowest BCUT2D eigenvalue weighted by Gasteiger charge is -2.13. The first-order chi connectivity index (χ1) is 7.72. The molecule has 0 bridgehead atoms. The van der Waals surface area contributed by atoms with Gasteiger partial charge in [0.05, 0.1) is 6.33 Å². The maximum Gasteiger partial charge on any atom is 0.139 e. The molecule has 1 heterocycles. The van der Waals surface area contributed by atoms with Crippen molar-refractivity contribution in [1.82, 2.24) is 14.9 Å². The van der Waals surface area contributed by atoms with Crippen LogP contribution in [0.2, 0.25) is 0 Å². The number of nitrogens with two attached hydrogens (primary N) is 1. The summed E-state index contributed by atoms with van der Waals surface area (Å²) in [7, 11) is 0. The van der Waals surface area contributed by atoms with Crippen molar-refractivity contribution in [3.05, 3.63) is 18.7 Å². The Morgan fingerprint density at radius 2 is 2.50 bits per heavy atom. The molecule has 1 rings (SSSR count). The predicted octanol–water partition coefficient (Wildman–Crippen LogP) is 0.388. The summed E-state index contributed by atoms with van der Waals surface area (Å²) in [5.41, 5.74) is 5.36. The highest BCUT2D eigenvalue weighted by Crippen LogP contribution is 1.93. The summed E-state index contributed by atoms with van der Waals surface area (Å²) in [6.45, 7) is 3.86. The fourth-order valence-electron chi connectivity index (χ4n) is 1.44. The van der Waals surface area contributed by atoms with Crippen molar-refractivity contribution in [2.45, 2.75) is 32.4 Å². The summed E-state index contributed by atoms with van der Waals surface area (Å²) in [4.78, 5) is 3.98. The normalized spacial score (nSPS) is 13.9. The van der Waals surface area contributed by atoms with E-state index in [4.69, 9.17) is 10.9 Å². The molecule has 1 aromatic rings. The van der Waals surface area contributed by atoms with Gasteiger partial charge in [0.1, 0.15) is 5.84 Å². The van der Waals surface area contributed by atoms with Crippen LogP contribution in [-0.2, 0) is 6.54 Å². The van der Waals surface area contributed by atoms with Gasteiger partial charge in [-0.15, -0.1) is 0 Å². The third kappa shape index (κ3) is 4.79. The Labute approximate surface area is 95.2 Å². The van der Waals surface area contributed by atoms with Gasteiger partial charge >= 0.3 is 0 Å². The second-order valence-electron chi connectivity index (χ2n) is 3.81. The van der Waals surface area contributed by atoms with Crippen LogP contribution in [0.5, 0.6) is 0 Å². The molecule has 0 aliphatic heterocycles. The van der Waals surface area contributed by atoms with E-state index in [0.29, 0.717) is 12.5 Å². The van der Waals surface area contributed by atoms with Gasteiger partial charge in [-0.1, -0.05) is 5.16 Å². The highest BCUT2D eigenvalue weighted by atomic mass is 16.4. The van der Waals surface area contributed by atoms with Gasteiger partial charge in [-0.05, 0) is 19.9 Å². The molecule has 1 atom stereocenters.